The van der Waals surface area contributed by atoms with E-state index in [2.05, 4.69) is 41.5 Å². The first kappa shape index (κ1) is 19.2. The van der Waals surface area contributed by atoms with E-state index in [9.17, 15) is 0 Å². The summed E-state index contributed by atoms with van der Waals surface area (Å²) in [7, 11) is 1.97. The molecule has 0 unspecified atom stereocenters. The summed E-state index contributed by atoms with van der Waals surface area (Å²) in [6.07, 6.45) is 0. The summed E-state index contributed by atoms with van der Waals surface area (Å²) in [5.41, 5.74) is 3.66. The molecule has 7 heteroatoms. The van der Waals surface area contributed by atoms with Gasteiger partial charge in [-0.2, -0.15) is 5.10 Å². The van der Waals surface area contributed by atoms with Gasteiger partial charge >= 0.3 is 0 Å². The third-order valence-corrected chi connectivity index (χ3v) is 3.98. The standard InChI is InChI=1S/C15H27N5O.HI/c1-6-16-14(18-8-15(4)9-21-10-15)17-7-13-11(2)19-20(5)12(13)3;/h6-10H2,1-5H3,(H2,16,17,18);1H. The molecule has 0 bridgehead atoms. The van der Waals surface area contributed by atoms with Gasteiger partial charge in [-0.3, -0.25) is 4.68 Å². The number of rotatable bonds is 5. The van der Waals surface area contributed by atoms with Crippen LogP contribution in [0.4, 0.5) is 0 Å². The van der Waals surface area contributed by atoms with E-state index in [1.54, 1.807) is 0 Å². The second-order valence-corrected chi connectivity index (χ2v) is 6.13. The van der Waals surface area contributed by atoms with E-state index in [0.29, 0.717) is 6.54 Å². The van der Waals surface area contributed by atoms with E-state index in [4.69, 9.17) is 4.74 Å². The largest absolute Gasteiger partial charge is 0.380 e. The molecule has 0 amide bonds. The van der Waals surface area contributed by atoms with E-state index >= 15 is 0 Å². The van der Waals surface area contributed by atoms with E-state index in [0.717, 1.165) is 38.0 Å². The summed E-state index contributed by atoms with van der Waals surface area (Å²) in [5, 5.41) is 11.1. The fourth-order valence-electron chi connectivity index (χ4n) is 2.40. The lowest BCUT2D eigenvalue weighted by Crippen LogP contribution is -2.51. The molecule has 0 saturated carbocycles. The fraction of sp³-hybridized carbons (Fsp3) is 0.733. The minimum absolute atomic E-state index is 0. The Labute approximate surface area is 150 Å². The first-order valence-electron chi connectivity index (χ1n) is 7.54. The van der Waals surface area contributed by atoms with Gasteiger partial charge < -0.3 is 15.4 Å². The molecular weight excluding hydrogens is 393 g/mol. The number of nitrogens with zero attached hydrogens (tertiary/aromatic N) is 3. The number of nitrogens with one attached hydrogen (secondary N) is 2. The SMILES string of the molecule is CCNC(=NCc1c(C)nn(C)c1C)NCC1(C)COC1.I. The molecule has 0 atom stereocenters. The summed E-state index contributed by atoms with van der Waals surface area (Å²) in [5.74, 6) is 0.855. The molecule has 1 aliphatic rings. The number of hydrogen-bond acceptors (Lipinski definition) is 3. The molecule has 2 heterocycles. The Morgan fingerprint density at radius 1 is 1.36 bits per heavy atom. The quantitative estimate of drug-likeness (QED) is 0.432. The van der Waals surface area contributed by atoms with Crippen molar-refractivity contribution < 1.29 is 4.74 Å². The first-order valence-corrected chi connectivity index (χ1v) is 7.54. The van der Waals surface area contributed by atoms with Gasteiger partial charge in [-0.25, -0.2) is 4.99 Å². The average Bonchev–Trinajstić information content (AvgIpc) is 2.65. The van der Waals surface area contributed by atoms with Crippen molar-refractivity contribution in [2.75, 3.05) is 26.3 Å². The second-order valence-electron chi connectivity index (χ2n) is 6.13. The number of aliphatic imine (C=N–C) groups is 1. The Kier molecular flexibility index (Phi) is 7.11. The van der Waals surface area contributed by atoms with E-state index in [-0.39, 0.29) is 29.4 Å². The van der Waals surface area contributed by atoms with Gasteiger partial charge in [0.15, 0.2) is 5.96 Å². The Bertz CT molecular complexity index is 522. The van der Waals surface area contributed by atoms with Gasteiger partial charge in [-0.05, 0) is 20.8 Å². The zero-order chi connectivity index (χ0) is 15.5. The third kappa shape index (κ3) is 4.58. The molecule has 2 rings (SSSR count). The van der Waals surface area contributed by atoms with Crippen LogP contribution in [0.25, 0.3) is 0 Å². The Morgan fingerprint density at radius 2 is 2.05 bits per heavy atom. The van der Waals surface area contributed by atoms with E-state index in [1.807, 2.05) is 18.7 Å². The molecule has 0 spiro atoms. The Morgan fingerprint density at radius 3 is 2.50 bits per heavy atom. The fourth-order valence-corrected chi connectivity index (χ4v) is 2.40. The normalized spacial score (nSPS) is 16.7. The first-order chi connectivity index (χ1) is 9.95. The average molecular weight is 421 g/mol. The van der Waals surface area contributed by atoms with Crippen LogP contribution in [-0.2, 0) is 18.3 Å². The van der Waals surface area contributed by atoms with Crippen molar-refractivity contribution in [2.45, 2.75) is 34.2 Å². The summed E-state index contributed by atoms with van der Waals surface area (Å²) in [4.78, 5) is 4.68. The van der Waals surface area contributed by atoms with Crippen LogP contribution in [0.2, 0.25) is 0 Å². The molecule has 126 valence electrons. The van der Waals surface area contributed by atoms with Crippen molar-refractivity contribution in [3.05, 3.63) is 17.0 Å². The van der Waals surface area contributed by atoms with Crippen LogP contribution >= 0.6 is 24.0 Å². The molecule has 0 aliphatic carbocycles. The van der Waals surface area contributed by atoms with Crippen LogP contribution in [0.1, 0.15) is 30.8 Å². The van der Waals surface area contributed by atoms with Gasteiger partial charge in [-0.15, -0.1) is 24.0 Å². The number of aromatic nitrogens is 2. The van der Waals surface area contributed by atoms with Gasteiger partial charge in [0, 0.05) is 36.8 Å². The minimum Gasteiger partial charge on any atom is -0.380 e. The zero-order valence-corrected chi connectivity index (χ0v) is 16.5. The van der Waals surface area contributed by atoms with Crippen LogP contribution in [0.3, 0.4) is 0 Å². The molecule has 1 aromatic heterocycles. The monoisotopic (exact) mass is 421 g/mol. The molecule has 6 nitrogen and oxygen atoms in total. The lowest BCUT2D eigenvalue weighted by Gasteiger charge is -2.38. The smallest absolute Gasteiger partial charge is 0.191 e. The number of ether oxygens (including phenoxy) is 1. The van der Waals surface area contributed by atoms with Crippen LogP contribution < -0.4 is 10.6 Å². The highest BCUT2D eigenvalue weighted by Gasteiger charge is 2.33. The number of hydrogen-bond donors (Lipinski definition) is 2. The van der Waals surface area contributed by atoms with Gasteiger partial charge in [0.05, 0.1) is 25.5 Å². The van der Waals surface area contributed by atoms with Gasteiger partial charge in [0.2, 0.25) is 0 Å². The van der Waals surface area contributed by atoms with Crippen molar-refractivity contribution in [3.63, 3.8) is 0 Å². The van der Waals surface area contributed by atoms with Crippen molar-refractivity contribution in [2.24, 2.45) is 17.5 Å². The molecule has 1 aromatic rings. The molecule has 1 saturated heterocycles. The minimum atomic E-state index is 0. The highest BCUT2D eigenvalue weighted by molar-refractivity contribution is 14.0. The Hall–Kier alpha value is -0.830. The number of aryl methyl sites for hydroxylation is 2. The van der Waals surface area contributed by atoms with Gasteiger partial charge in [-0.1, -0.05) is 6.92 Å². The topological polar surface area (TPSA) is 63.5 Å². The van der Waals surface area contributed by atoms with Crippen LogP contribution in [0, 0.1) is 19.3 Å². The van der Waals surface area contributed by atoms with Crippen LogP contribution in [0.15, 0.2) is 4.99 Å². The van der Waals surface area contributed by atoms with Crippen molar-refractivity contribution >= 4 is 29.9 Å². The molecule has 0 aromatic carbocycles. The lowest BCUT2D eigenvalue weighted by molar-refractivity contribution is -0.0971. The maximum absolute atomic E-state index is 5.28. The molecule has 2 N–H and O–H groups in total. The molecule has 1 fully saturated rings. The van der Waals surface area contributed by atoms with Gasteiger partial charge in [0.1, 0.15) is 0 Å². The zero-order valence-electron chi connectivity index (χ0n) is 14.2. The highest BCUT2D eigenvalue weighted by Crippen LogP contribution is 2.24. The molecule has 1 aliphatic heterocycles. The lowest BCUT2D eigenvalue weighted by atomic mass is 9.89. The van der Waals surface area contributed by atoms with Crippen molar-refractivity contribution in [3.8, 4) is 0 Å². The van der Waals surface area contributed by atoms with Crippen LogP contribution in [0.5, 0.6) is 0 Å². The maximum atomic E-state index is 5.28. The summed E-state index contributed by atoms with van der Waals surface area (Å²) < 4.78 is 7.19. The third-order valence-electron chi connectivity index (χ3n) is 3.98. The molecular formula is C15H28IN5O. The van der Waals surface area contributed by atoms with Crippen LogP contribution in [-0.4, -0.2) is 42.0 Å². The molecule has 22 heavy (non-hydrogen) atoms. The predicted octanol–water partition coefficient (Wildman–Crippen LogP) is 1.75. The summed E-state index contributed by atoms with van der Waals surface area (Å²) >= 11 is 0. The summed E-state index contributed by atoms with van der Waals surface area (Å²) in [6.45, 7) is 12.4. The number of halogens is 1. The van der Waals surface area contributed by atoms with Crippen molar-refractivity contribution in [1.82, 2.24) is 20.4 Å². The van der Waals surface area contributed by atoms with E-state index < -0.39 is 0 Å². The Balaban J connectivity index is 0.00000242. The van der Waals surface area contributed by atoms with Crippen molar-refractivity contribution in [1.29, 1.82) is 0 Å². The maximum Gasteiger partial charge on any atom is 0.191 e. The highest BCUT2D eigenvalue weighted by atomic mass is 127. The second kappa shape index (κ2) is 8.14. The van der Waals surface area contributed by atoms with Gasteiger partial charge in [0.25, 0.3) is 0 Å². The predicted molar refractivity (Wildman–Crippen MR) is 99.8 cm³/mol. The van der Waals surface area contributed by atoms with E-state index in [1.165, 1.54) is 11.3 Å². The number of guanidine groups is 1. The summed E-state index contributed by atoms with van der Waals surface area (Å²) in [6, 6.07) is 0. The molecule has 0 radical (unpaired) electrons.